The lowest BCUT2D eigenvalue weighted by Crippen LogP contribution is -2.31. The molecular formula is C14H22N4O2. The van der Waals surface area contributed by atoms with Crippen LogP contribution in [0.5, 0.6) is 0 Å². The van der Waals surface area contributed by atoms with Crippen molar-refractivity contribution >= 4 is 11.6 Å². The smallest absolute Gasteiger partial charge is 0.274 e. The predicted molar refractivity (Wildman–Crippen MR) is 76.8 cm³/mol. The van der Waals surface area contributed by atoms with E-state index in [1.165, 1.54) is 0 Å². The summed E-state index contributed by atoms with van der Waals surface area (Å²) in [5.41, 5.74) is 1.07. The third-order valence-electron chi connectivity index (χ3n) is 3.63. The molecule has 1 aromatic rings. The second kappa shape index (κ2) is 6.17. The molecule has 1 amide bonds. The van der Waals surface area contributed by atoms with Gasteiger partial charge >= 0.3 is 0 Å². The number of anilines is 1. The molecule has 0 bridgehead atoms. The number of hydrogen-bond acceptors (Lipinski definition) is 5. The van der Waals surface area contributed by atoms with Crippen molar-refractivity contribution < 1.29 is 9.90 Å². The highest BCUT2D eigenvalue weighted by Gasteiger charge is 2.29. The van der Waals surface area contributed by atoms with Crippen molar-refractivity contribution in [2.75, 3.05) is 32.1 Å². The van der Waals surface area contributed by atoms with E-state index in [1.54, 1.807) is 18.1 Å². The molecule has 1 saturated heterocycles. The molecule has 0 spiro atoms. The molecule has 1 aliphatic heterocycles. The molecule has 2 N–H and O–H groups in total. The van der Waals surface area contributed by atoms with Crippen molar-refractivity contribution in [1.82, 2.24) is 14.9 Å². The van der Waals surface area contributed by atoms with Crippen LogP contribution >= 0.6 is 0 Å². The van der Waals surface area contributed by atoms with Crippen molar-refractivity contribution in [2.45, 2.75) is 26.2 Å². The molecular weight excluding hydrogens is 256 g/mol. The number of carbonyl (C=O) groups excluding carboxylic acids is 1. The molecule has 0 aromatic carbocycles. The normalized spacial score (nSPS) is 18.6. The first-order valence-electron chi connectivity index (χ1n) is 7.01. The Balaban J connectivity index is 2.26. The number of nitrogens with one attached hydrogen (secondary N) is 1. The standard InChI is InChI=1S/C14H22N4O2/c1-9(2)13-16-6-11(15-3)12(17-13)14(20)18-5-4-10(7-18)8-19/h6,9-10,15,19H,4-5,7-8H2,1-3H3. The Morgan fingerprint density at radius 3 is 2.90 bits per heavy atom. The summed E-state index contributed by atoms with van der Waals surface area (Å²) in [5, 5.41) is 12.1. The van der Waals surface area contributed by atoms with Crippen LogP contribution in [0.3, 0.4) is 0 Å². The van der Waals surface area contributed by atoms with Crippen molar-refractivity contribution in [2.24, 2.45) is 5.92 Å². The predicted octanol–water partition coefficient (Wildman–Crippen LogP) is 1.10. The minimum atomic E-state index is -0.0883. The number of aliphatic hydroxyl groups excluding tert-OH is 1. The van der Waals surface area contributed by atoms with Crippen LogP contribution in [0.25, 0.3) is 0 Å². The number of nitrogens with zero attached hydrogens (tertiary/aromatic N) is 3. The molecule has 1 aliphatic rings. The highest BCUT2D eigenvalue weighted by atomic mass is 16.3. The Bertz CT molecular complexity index is 490. The summed E-state index contributed by atoms with van der Waals surface area (Å²) < 4.78 is 0. The molecule has 0 aliphatic carbocycles. The summed E-state index contributed by atoms with van der Waals surface area (Å²) in [5.74, 6) is 0.944. The second-order valence-corrected chi connectivity index (χ2v) is 5.48. The largest absolute Gasteiger partial charge is 0.396 e. The minimum absolute atomic E-state index is 0.0883. The molecule has 1 atom stereocenters. The molecule has 0 saturated carbocycles. The summed E-state index contributed by atoms with van der Waals surface area (Å²) in [6.45, 7) is 5.40. The lowest BCUT2D eigenvalue weighted by Gasteiger charge is -2.18. The zero-order chi connectivity index (χ0) is 14.7. The molecule has 6 heteroatoms. The third-order valence-corrected chi connectivity index (χ3v) is 3.63. The van der Waals surface area contributed by atoms with Crippen molar-refractivity contribution in [1.29, 1.82) is 0 Å². The van der Waals surface area contributed by atoms with Crippen LogP contribution in [-0.2, 0) is 0 Å². The van der Waals surface area contributed by atoms with E-state index in [1.807, 2.05) is 13.8 Å². The van der Waals surface area contributed by atoms with Crippen LogP contribution in [0.2, 0.25) is 0 Å². The number of aliphatic hydroxyl groups is 1. The Labute approximate surface area is 119 Å². The van der Waals surface area contributed by atoms with Crippen LogP contribution in [0.4, 0.5) is 5.69 Å². The van der Waals surface area contributed by atoms with Gasteiger partial charge in [0, 0.05) is 38.6 Å². The zero-order valence-electron chi connectivity index (χ0n) is 12.3. The van der Waals surface area contributed by atoms with Crippen LogP contribution in [0.1, 0.15) is 42.5 Å². The summed E-state index contributed by atoms with van der Waals surface area (Å²) in [6.07, 6.45) is 2.51. The first-order valence-corrected chi connectivity index (χ1v) is 7.01. The van der Waals surface area contributed by atoms with Gasteiger partial charge in [-0.25, -0.2) is 9.97 Å². The Hall–Kier alpha value is -1.69. The van der Waals surface area contributed by atoms with Crippen LogP contribution in [0.15, 0.2) is 6.20 Å². The van der Waals surface area contributed by atoms with Crippen LogP contribution in [0, 0.1) is 5.92 Å². The molecule has 0 radical (unpaired) electrons. The van der Waals surface area contributed by atoms with Gasteiger partial charge in [-0.3, -0.25) is 4.79 Å². The monoisotopic (exact) mass is 278 g/mol. The van der Waals surface area contributed by atoms with E-state index in [0.717, 1.165) is 6.42 Å². The van der Waals surface area contributed by atoms with Crippen LogP contribution in [-0.4, -0.2) is 52.6 Å². The van der Waals surface area contributed by atoms with Gasteiger partial charge in [0.05, 0.1) is 11.9 Å². The van der Waals surface area contributed by atoms with Gasteiger partial charge in [-0.2, -0.15) is 0 Å². The molecule has 110 valence electrons. The van der Waals surface area contributed by atoms with Gasteiger partial charge in [0.1, 0.15) is 5.82 Å². The molecule has 1 unspecified atom stereocenters. The molecule has 6 nitrogen and oxygen atoms in total. The number of carbonyl (C=O) groups is 1. The van der Waals surface area contributed by atoms with E-state index in [2.05, 4.69) is 15.3 Å². The molecule has 2 rings (SSSR count). The Kier molecular flexibility index (Phi) is 4.54. The Morgan fingerprint density at radius 1 is 1.60 bits per heavy atom. The van der Waals surface area contributed by atoms with Gasteiger partial charge in [0.2, 0.25) is 0 Å². The summed E-state index contributed by atoms with van der Waals surface area (Å²) >= 11 is 0. The highest BCUT2D eigenvalue weighted by molar-refractivity contribution is 5.97. The molecule has 1 aromatic heterocycles. The SMILES string of the molecule is CNc1cnc(C(C)C)nc1C(=O)N1CCC(CO)C1. The van der Waals surface area contributed by atoms with Crippen LogP contribution < -0.4 is 5.32 Å². The van der Waals surface area contributed by atoms with Gasteiger partial charge in [0.25, 0.3) is 5.91 Å². The first kappa shape index (κ1) is 14.7. The summed E-state index contributed by atoms with van der Waals surface area (Å²) in [6, 6.07) is 0. The number of rotatable bonds is 4. The zero-order valence-corrected chi connectivity index (χ0v) is 12.3. The topological polar surface area (TPSA) is 78.4 Å². The van der Waals surface area contributed by atoms with Crippen molar-refractivity contribution in [3.05, 3.63) is 17.7 Å². The average molecular weight is 278 g/mol. The maximum absolute atomic E-state index is 12.6. The van der Waals surface area contributed by atoms with Crippen molar-refractivity contribution in [3.63, 3.8) is 0 Å². The van der Waals surface area contributed by atoms with Gasteiger partial charge in [-0.1, -0.05) is 13.8 Å². The lowest BCUT2D eigenvalue weighted by atomic mass is 10.1. The summed E-state index contributed by atoms with van der Waals surface area (Å²) in [4.78, 5) is 23.0. The van der Waals surface area contributed by atoms with E-state index in [0.29, 0.717) is 30.3 Å². The maximum Gasteiger partial charge on any atom is 0.274 e. The average Bonchev–Trinajstić information content (AvgIpc) is 2.94. The summed E-state index contributed by atoms with van der Waals surface area (Å²) in [7, 11) is 1.75. The van der Waals surface area contributed by atoms with Crippen molar-refractivity contribution in [3.8, 4) is 0 Å². The number of likely N-dealkylation sites (tertiary alicyclic amines) is 1. The number of amides is 1. The fourth-order valence-electron chi connectivity index (χ4n) is 2.34. The first-order chi connectivity index (χ1) is 9.56. The highest BCUT2D eigenvalue weighted by Crippen LogP contribution is 2.22. The molecule has 2 heterocycles. The van der Waals surface area contributed by atoms with E-state index in [9.17, 15) is 9.90 Å². The van der Waals surface area contributed by atoms with Gasteiger partial charge in [-0.15, -0.1) is 0 Å². The fourth-order valence-corrected chi connectivity index (χ4v) is 2.34. The molecule has 1 fully saturated rings. The van der Waals surface area contributed by atoms with Gasteiger partial charge < -0.3 is 15.3 Å². The minimum Gasteiger partial charge on any atom is -0.396 e. The quantitative estimate of drug-likeness (QED) is 0.862. The van der Waals surface area contributed by atoms with E-state index in [-0.39, 0.29) is 24.3 Å². The number of hydrogen-bond donors (Lipinski definition) is 2. The number of aromatic nitrogens is 2. The van der Waals surface area contributed by atoms with E-state index < -0.39 is 0 Å². The Morgan fingerprint density at radius 2 is 2.35 bits per heavy atom. The van der Waals surface area contributed by atoms with Gasteiger partial charge in [-0.05, 0) is 6.42 Å². The van der Waals surface area contributed by atoms with Gasteiger partial charge in [0.15, 0.2) is 5.69 Å². The second-order valence-electron chi connectivity index (χ2n) is 5.48. The van der Waals surface area contributed by atoms with E-state index >= 15 is 0 Å². The fraction of sp³-hybridized carbons (Fsp3) is 0.643. The lowest BCUT2D eigenvalue weighted by molar-refractivity contribution is 0.0776. The third kappa shape index (κ3) is 2.90. The maximum atomic E-state index is 12.6. The van der Waals surface area contributed by atoms with E-state index in [4.69, 9.17) is 0 Å². The molecule has 20 heavy (non-hydrogen) atoms.